The number of nitrogens with one attached hydrogen (secondary N) is 2. The largest absolute Gasteiger partial charge is 0.348 e. The Kier molecular flexibility index (Phi) is 3.78. The third kappa shape index (κ3) is 2.85. The number of aromatic nitrogens is 2. The molecule has 2 N–H and O–H groups in total. The van der Waals surface area contributed by atoms with Crippen LogP contribution in [0.4, 0.5) is 0 Å². The van der Waals surface area contributed by atoms with Gasteiger partial charge in [-0.05, 0) is 38.8 Å². The Morgan fingerprint density at radius 3 is 2.88 bits per heavy atom. The number of rotatable bonds is 3. The van der Waals surface area contributed by atoms with Crippen LogP contribution in [0.1, 0.15) is 30.3 Å². The molecule has 0 radical (unpaired) electrons. The summed E-state index contributed by atoms with van der Waals surface area (Å²) in [6.07, 6.45) is 5.51. The number of imidazole rings is 1. The van der Waals surface area contributed by atoms with Gasteiger partial charge in [0.25, 0.3) is 5.91 Å². The molecule has 1 atom stereocenters. The third-order valence-corrected chi connectivity index (χ3v) is 3.50. The molecule has 1 amide bonds. The van der Waals surface area contributed by atoms with Crippen molar-refractivity contribution in [1.29, 1.82) is 0 Å². The molecule has 1 aliphatic rings. The van der Waals surface area contributed by atoms with E-state index in [4.69, 9.17) is 0 Å². The fraction of sp³-hybridized carbons (Fsp3) is 0.667. The second kappa shape index (κ2) is 5.31. The van der Waals surface area contributed by atoms with Gasteiger partial charge in [-0.25, -0.2) is 4.98 Å². The number of amides is 1. The van der Waals surface area contributed by atoms with E-state index < -0.39 is 0 Å². The first-order chi connectivity index (χ1) is 8.18. The Morgan fingerprint density at radius 1 is 1.59 bits per heavy atom. The normalized spacial score (nSPS) is 18.9. The minimum atomic E-state index is -0.0315. The van der Waals surface area contributed by atoms with Gasteiger partial charge in [0.1, 0.15) is 5.69 Å². The van der Waals surface area contributed by atoms with Crippen LogP contribution in [0, 0.1) is 5.92 Å². The van der Waals surface area contributed by atoms with Crippen LogP contribution < -0.4 is 10.6 Å². The molecule has 0 aromatic carbocycles. The number of hydrogen-bond acceptors (Lipinski definition) is 3. The van der Waals surface area contributed by atoms with Crippen LogP contribution in [0.5, 0.6) is 0 Å². The zero-order valence-corrected chi connectivity index (χ0v) is 10.4. The zero-order valence-electron chi connectivity index (χ0n) is 10.4. The molecule has 1 aliphatic heterocycles. The minimum absolute atomic E-state index is 0.0315. The summed E-state index contributed by atoms with van der Waals surface area (Å²) in [6.45, 7) is 4.19. The van der Waals surface area contributed by atoms with E-state index in [0.29, 0.717) is 11.6 Å². The Hall–Kier alpha value is -1.36. The molecule has 0 spiro atoms. The predicted molar refractivity (Wildman–Crippen MR) is 65.7 cm³/mol. The maximum Gasteiger partial charge on any atom is 0.269 e. The molecular formula is C12H20N4O. The predicted octanol–water partition coefficient (Wildman–Crippen LogP) is 0.538. The van der Waals surface area contributed by atoms with Crippen LogP contribution in [0.2, 0.25) is 0 Å². The summed E-state index contributed by atoms with van der Waals surface area (Å²) in [7, 11) is 1.83. The fourth-order valence-corrected chi connectivity index (χ4v) is 2.32. The van der Waals surface area contributed by atoms with E-state index in [1.54, 1.807) is 17.1 Å². The standard InChI is InChI=1S/C12H20N4O/c1-9(10-3-5-13-6-4-10)15-12(17)11-7-14-8-16(11)2/h7-10,13H,3-6H2,1-2H3,(H,15,17). The van der Waals surface area contributed by atoms with Crippen molar-refractivity contribution in [3.63, 3.8) is 0 Å². The molecule has 0 bridgehead atoms. The maximum absolute atomic E-state index is 12.0. The lowest BCUT2D eigenvalue weighted by molar-refractivity contribution is 0.0912. The van der Waals surface area contributed by atoms with Gasteiger partial charge in [0.2, 0.25) is 0 Å². The van der Waals surface area contributed by atoms with Gasteiger partial charge in [-0.1, -0.05) is 0 Å². The van der Waals surface area contributed by atoms with E-state index in [1.165, 1.54) is 0 Å². The molecule has 2 heterocycles. The SMILES string of the molecule is CC(NC(=O)c1cncn1C)C1CCNCC1. The summed E-state index contributed by atoms with van der Waals surface area (Å²) in [5.41, 5.74) is 0.616. The highest BCUT2D eigenvalue weighted by molar-refractivity contribution is 5.92. The molecule has 1 unspecified atom stereocenters. The molecule has 5 nitrogen and oxygen atoms in total. The summed E-state index contributed by atoms with van der Waals surface area (Å²) < 4.78 is 1.74. The molecular weight excluding hydrogens is 216 g/mol. The first kappa shape index (κ1) is 12.1. The van der Waals surface area contributed by atoms with E-state index >= 15 is 0 Å². The minimum Gasteiger partial charge on any atom is -0.348 e. The number of piperidine rings is 1. The van der Waals surface area contributed by atoms with Crippen LogP contribution in [-0.2, 0) is 7.05 Å². The number of carbonyl (C=O) groups is 1. The summed E-state index contributed by atoms with van der Waals surface area (Å²) >= 11 is 0. The molecule has 1 aromatic heterocycles. The maximum atomic E-state index is 12.0. The van der Waals surface area contributed by atoms with Crippen molar-refractivity contribution >= 4 is 5.91 Å². The van der Waals surface area contributed by atoms with E-state index in [9.17, 15) is 4.79 Å². The van der Waals surface area contributed by atoms with Crippen molar-refractivity contribution in [2.45, 2.75) is 25.8 Å². The lowest BCUT2D eigenvalue weighted by Crippen LogP contribution is -2.43. The van der Waals surface area contributed by atoms with Crippen molar-refractivity contribution in [3.05, 3.63) is 18.2 Å². The van der Waals surface area contributed by atoms with Crippen LogP contribution in [0.25, 0.3) is 0 Å². The summed E-state index contributed by atoms with van der Waals surface area (Å²) in [5.74, 6) is 0.546. The van der Waals surface area contributed by atoms with Gasteiger partial charge >= 0.3 is 0 Å². The zero-order chi connectivity index (χ0) is 12.3. The average molecular weight is 236 g/mol. The third-order valence-electron chi connectivity index (χ3n) is 3.50. The fourth-order valence-electron chi connectivity index (χ4n) is 2.32. The van der Waals surface area contributed by atoms with Crippen molar-refractivity contribution in [2.75, 3.05) is 13.1 Å². The highest BCUT2D eigenvalue weighted by atomic mass is 16.2. The van der Waals surface area contributed by atoms with Gasteiger partial charge in [-0.15, -0.1) is 0 Å². The molecule has 1 saturated heterocycles. The van der Waals surface area contributed by atoms with Crippen molar-refractivity contribution in [2.24, 2.45) is 13.0 Å². The smallest absolute Gasteiger partial charge is 0.269 e. The first-order valence-electron chi connectivity index (χ1n) is 6.16. The highest BCUT2D eigenvalue weighted by Gasteiger charge is 2.22. The topological polar surface area (TPSA) is 59.0 Å². The molecule has 0 saturated carbocycles. The molecule has 17 heavy (non-hydrogen) atoms. The van der Waals surface area contributed by atoms with Crippen LogP contribution in [0.15, 0.2) is 12.5 Å². The average Bonchev–Trinajstić information content (AvgIpc) is 2.76. The Morgan fingerprint density at radius 2 is 2.29 bits per heavy atom. The lowest BCUT2D eigenvalue weighted by atomic mass is 9.91. The van der Waals surface area contributed by atoms with Crippen LogP contribution >= 0.6 is 0 Å². The number of carbonyl (C=O) groups excluding carboxylic acids is 1. The number of aryl methyl sites for hydroxylation is 1. The molecule has 0 aliphatic carbocycles. The van der Waals surface area contributed by atoms with Crippen molar-refractivity contribution < 1.29 is 4.79 Å². The number of hydrogen-bond donors (Lipinski definition) is 2. The van der Waals surface area contributed by atoms with Crippen LogP contribution in [-0.4, -0.2) is 34.6 Å². The first-order valence-corrected chi connectivity index (χ1v) is 6.16. The Balaban J connectivity index is 1.92. The van der Waals surface area contributed by atoms with E-state index in [1.807, 2.05) is 7.05 Å². The van der Waals surface area contributed by atoms with E-state index in [2.05, 4.69) is 22.5 Å². The molecule has 2 rings (SSSR count). The van der Waals surface area contributed by atoms with E-state index in [0.717, 1.165) is 25.9 Å². The Bertz CT molecular complexity index is 382. The second-order valence-corrected chi connectivity index (χ2v) is 4.74. The monoisotopic (exact) mass is 236 g/mol. The summed E-state index contributed by atoms with van der Waals surface area (Å²) in [6, 6.07) is 0.222. The summed E-state index contributed by atoms with van der Waals surface area (Å²) in [5, 5.41) is 6.40. The summed E-state index contributed by atoms with van der Waals surface area (Å²) in [4.78, 5) is 15.9. The van der Waals surface area contributed by atoms with Gasteiger partial charge in [-0.2, -0.15) is 0 Å². The van der Waals surface area contributed by atoms with E-state index in [-0.39, 0.29) is 11.9 Å². The quantitative estimate of drug-likeness (QED) is 0.805. The van der Waals surface area contributed by atoms with Crippen LogP contribution in [0.3, 0.4) is 0 Å². The van der Waals surface area contributed by atoms with Gasteiger partial charge in [-0.3, -0.25) is 4.79 Å². The van der Waals surface area contributed by atoms with Gasteiger partial charge in [0, 0.05) is 13.1 Å². The number of nitrogens with zero attached hydrogens (tertiary/aromatic N) is 2. The van der Waals surface area contributed by atoms with Gasteiger partial charge in [0.15, 0.2) is 0 Å². The second-order valence-electron chi connectivity index (χ2n) is 4.74. The van der Waals surface area contributed by atoms with Crippen molar-refractivity contribution in [3.8, 4) is 0 Å². The Labute approximate surface area is 102 Å². The molecule has 94 valence electrons. The van der Waals surface area contributed by atoms with Gasteiger partial charge in [0.05, 0.1) is 12.5 Å². The van der Waals surface area contributed by atoms with Crippen molar-refractivity contribution in [1.82, 2.24) is 20.2 Å². The highest BCUT2D eigenvalue weighted by Crippen LogP contribution is 2.16. The molecule has 1 aromatic rings. The van der Waals surface area contributed by atoms with Gasteiger partial charge < -0.3 is 15.2 Å². The molecule has 1 fully saturated rings. The lowest BCUT2D eigenvalue weighted by Gasteiger charge is -2.28. The molecule has 5 heteroatoms.